The van der Waals surface area contributed by atoms with Gasteiger partial charge in [0.1, 0.15) is 6.04 Å². The van der Waals surface area contributed by atoms with Crippen LogP contribution in [0.2, 0.25) is 15.1 Å². The smallest absolute Gasteiger partial charge is 0.328 e. The molecule has 2 N–H and O–H groups in total. The van der Waals surface area contributed by atoms with Crippen LogP contribution in [0, 0.1) is 25.2 Å². The first-order valence-electron chi connectivity index (χ1n) is 12.6. The van der Waals surface area contributed by atoms with E-state index in [1.165, 1.54) is 7.11 Å². The van der Waals surface area contributed by atoms with E-state index >= 15 is 0 Å². The summed E-state index contributed by atoms with van der Waals surface area (Å²) in [5.74, 6) is -1.23. The van der Waals surface area contributed by atoms with Crippen LogP contribution in [0.3, 0.4) is 0 Å². The second-order valence-corrected chi connectivity index (χ2v) is 10.8. The molecule has 2 aromatic heterocycles. The Morgan fingerprint density at radius 1 is 1.07 bits per heavy atom. The van der Waals surface area contributed by atoms with Gasteiger partial charge < -0.3 is 15.0 Å². The molecule has 5 aromatic rings. The number of rotatable bonds is 6. The Bertz CT molecular complexity index is 1910. The predicted molar refractivity (Wildman–Crippen MR) is 162 cm³/mol. The Kier molecular flexibility index (Phi) is 7.92. The predicted octanol–water partition coefficient (Wildman–Crippen LogP) is 7.35. The molecule has 0 bridgehead atoms. The highest BCUT2D eigenvalue weighted by Gasteiger charge is 2.27. The minimum absolute atomic E-state index is 0.0779. The summed E-state index contributed by atoms with van der Waals surface area (Å²) in [4.78, 5) is 34.2. The number of amides is 1. The molecule has 0 aliphatic heterocycles. The third-order valence-electron chi connectivity index (χ3n) is 7.17. The van der Waals surface area contributed by atoms with E-state index in [4.69, 9.17) is 39.5 Å². The summed E-state index contributed by atoms with van der Waals surface area (Å²) in [6.45, 7) is 3.81. The molecule has 206 valence electrons. The molecule has 5 rings (SSSR count). The van der Waals surface area contributed by atoms with E-state index in [1.807, 2.05) is 32.0 Å². The van der Waals surface area contributed by atoms with Gasteiger partial charge in [0, 0.05) is 50.8 Å². The Labute approximate surface area is 251 Å². The molecule has 0 aliphatic carbocycles. The molecule has 0 fully saturated rings. The van der Waals surface area contributed by atoms with Crippen LogP contribution in [0.5, 0.6) is 0 Å². The second kappa shape index (κ2) is 11.4. The number of nitrogens with one attached hydrogen (secondary N) is 2. The van der Waals surface area contributed by atoms with Crippen LogP contribution in [0.25, 0.3) is 32.9 Å². The fourth-order valence-electron chi connectivity index (χ4n) is 4.99. The molecular weight excluding hydrogens is 583 g/mol. The highest BCUT2D eigenvalue weighted by atomic mass is 35.5. The fourth-order valence-corrected chi connectivity index (χ4v) is 6.04. The molecule has 2 heterocycles. The normalized spacial score (nSPS) is 11.8. The first-order chi connectivity index (χ1) is 19.6. The van der Waals surface area contributed by atoms with Gasteiger partial charge in [-0.2, -0.15) is 5.26 Å². The van der Waals surface area contributed by atoms with E-state index in [-0.39, 0.29) is 22.0 Å². The molecule has 10 heteroatoms. The van der Waals surface area contributed by atoms with Crippen LogP contribution in [0.1, 0.15) is 32.7 Å². The van der Waals surface area contributed by atoms with Crippen LogP contribution >= 0.6 is 34.8 Å². The molecular formula is C31H23Cl3N4O3. The molecule has 0 aliphatic rings. The third-order valence-corrected chi connectivity index (χ3v) is 8.16. The van der Waals surface area contributed by atoms with Gasteiger partial charge in [0.25, 0.3) is 5.91 Å². The Morgan fingerprint density at radius 2 is 1.83 bits per heavy atom. The number of carbonyl (C=O) groups excluding carboxylic acids is 2. The van der Waals surface area contributed by atoms with Gasteiger partial charge in [0.05, 0.1) is 39.9 Å². The van der Waals surface area contributed by atoms with E-state index in [1.54, 1.807) is 36.5 Å². The lowest BCUT2D eigenvalue weighted by Gasteiger charge is -2.19. The largest absolute Gasteiger partial charge is 0.467 e. The zero-order valence-corrected chi connectivity index (χ0v) is 24.5. The summed E-state index contributed by atoms with van der Waals surface area (Å²) in [7, 11) is 1.26. The van der Waals surface area contributed by atoms with Crippen molar-refractivity contribution in [3.05, 3.63) is 97.7 Å². The maximum atomic E-state index is 13.5. The molecule has 41 heavy (non-hydrogen) atoms. The first kappa shape index (κ1) is 28.4. The van der Waals surface area contributed by atoms with Crippen molar-refractivity contribution in [2.24, 2.45) is 0 Å². The number of halogens is 3. The number of ether oxygens (including phenoxy) is 1. The Morgan fingerprint density at radius 3 is 2.54 bits per heavy atom. The molecule has 0 unspecified atom stereocenters. The van der Waals surface area contributed by atoms with Crippen LogP contribution in [0.15, 0.2) is 54.7 Å². The van der Waals surface area contributed by atoms with Crippen molar-refractivity contribution in [2.45, 2.75) is 26.3 Å². The number of aromatic amines is 1. The topological polar surface area (TPSA) is 108 Å². The SMILES string of the molecule is COC(=O)[C@H](Cc1ccc(-c2ccc(C#N)cc2Cl)c2ncccc12)NC(=O)c1c(Cl)cc2[nH]c(C)c(C)c2c1Cl. The number of nitrogens with zero attached hydrogens (tertiary/aromatic N) is 2. The highest BCUT2D eigenvalue weighted by molar-refractivity contribution is 6.43. The van der Waals surface area contributed by atoms with Crippen molar-refractivity contribution in [3.8, 4) is 17.2 Å². The fraction of sp³-hybridized carbons (Fsp3) is 0.161. The number of aromatic nitrogens is 2. The quantitative estimate of drug-likeness (QED) is 0.197. The minimum atomic E-state index is -1.04. The number of nitriles is 1. The molecule has 3 aromatic carbocycles. The van der Waals surface area contributed by atoms with Gasteiger partial charge in [-0.05, 0) is 49.2 Å². The van der Waals surface area contributed by atoms with Gasteiger partial charge in [-0.1, -0.05) is 59.1 Å². The number of methoxy groups -OCH3 is 1. The van der Waals surface area contributed by atoms with Crippen LogP contribution in [0.4, 0.5) is 0 Å². The number of esters is 1. The average Bonchev–Trinajstić information content (AvgIpc) is 3.24. The Hall–Kier alpha value is -4.09. The summed E-state index contributed by atoms with van der Waals surface area (Å²) in [6, 6.07) is 15.1. The number of fused-ring (bicyclic) bond motifs is 2. The number of hydrogen-bond donors (Lipinski definition) is 2. The van der Waals surface area contributed by atoms with E-state index in [0.29, 0.717) is 27.1 Å². The van der Waals surface area contributed by atoms with Crippen molar-refractivity contribution >= 4 is 68.5 Å². The number of H-pyrrole nitrogens is 1. The van der Waals surface area contributed by atoms with Gasteiger partial charge in [0.15, 0.2) is 0 Å². The molecule has 0 radical (unpaired) electrons. The highest BCUT2D eigenvalue weighted by Crippen LogP contribution is 2.37. The molecule has 0 saturated carbocycles. The zero-order chi connectivity index (χ0) is 29.4. The van der Waals surface area contributed by atoms with Crippen molar-refractivity contribution in [1.29, 1.82) is 5.26 Å². The summed E-state index contributed by atoms with van der Waals surface area (Å²) < 4.78 is 5.03. The number of benzene rings is 3. The Balaban J connectivity index is 1.52. The monoisotopic (exact) mass is 604 g/mol. The molecule has 0 spiro atoms. The average molecular weight is 606 g/mol. The summed E-state index contributed by atoms with van der Waals surface area (Å²) >= 11 is 19.7. The van der Waals surface area contributed by atoms with Gasteiger partial charge in [-0.15, -0.1) is 0 Å². The van der Waals surface area contributed by atoms with Gasteiger partial charge >= 0.3 is 5.97 Å². The number of aryl methyl sites for hydroxylation is 2. The van der Waals surface area contributed by atoms with Gasteiger partial charge in [-0.25, -0.2) is 4.79 Å². The van der Waals surface area contributed by atoms with E-state index in [9.17, 15) is 14.9 Å². The molecule has 1 atom stereocenters. The van der Waals surface area contributed by atoms with Crippen LogP contribution in [-0.4, -0.2) is 35.0 Å². The lowest BCUT2D eigenvalue weighted by Crippen LogP contribution is -2.43. The molecule has 7 nitrogen and oxygen atoms in total. The minimum Gasteiger partial charge on any atom is -0.467 e. The van der Waals surface area contributed by atoms with Crippen molar-refractivity contribution in [2.75, 3.05) is 7.11 Å². The summed E-state index contributed by atoms with van der Waals surface area (Å²) in [5.41, 5.74) is 5.95. The van der Waals surface area contributed by atoms with Gasteiger partial charge in [0.2, 0.25) is 0 Å². The molecule has 0 saturated heterocycles. The van der Waals surface area contributed by atoms with E-state index in [2.05, 4.69) is 21.4 Å². The number of hydrogen-bond acceptors (Lipinski definition) is 5. The van der Waals surface area contributed by atoms with Gasteiger partial charge in [-0.3, -0.25) is 9.78 Å². The molecule has 1 amide bonds. The summed E-state index contributed by atoms with van der Waals surface area (Å²) in [6.07, 6.45) is 1.78. The number of carbonyl (C=O) groups is 2. The van der Waals surface area contributed by atoms with Crippen molar-refractivity contribution < 1.29 is 14.3 Å². The lowest BCUT2D eigenvalue weighted by atomic mass is 9.94. The van der Waals surface area contributed by atoms with Crippen LogP contribution < -0.4 is 5.32 Å². The lowest BCUT2D eigenvalue weighted by molar-refractivity contribution is -0.142. The maximum absolute atomic E-state index is 13.5. The maximum Gasteiger partial charge on any atom is 0.328 e. The standard InChI is InChI=1S/C31H23Cl3N4O3/c1-15-16(2)37-24-13-23(33)27(28(34)26(15)24)30(39)38-25(31(40)41-3)12-18-7-9-21(29-19(18)5-4-10-36-29)20-8-6-17(14-35)11-22(20)32/h4-11,13,25,37H,12H2,1-3H3,(H,38,39)/t25-/m0/s1. The van der Waals surface area contributed by atoms with E-state index in [0.717, 1.165) is 33.3 Å². The summed E-state index contributed by atoms with van der Waals surface area (Å²) in [5, 5.41) is 14.2. The first-order valence-corrected chi connectivity index (χ1v) is 13.7. The number of pyridine rings is 1. The second-order valence-electron chi connectivity index (χ2n) is 9.58. The van der Waals surface area contributed by atoms with Crippen molar-refractivity contribution in [1.82, 2.24) is 15.3 Å². The van der Waals surface area contributed by atoms with E-state index < -0.39 is 17.9 Å². The zero-order valence-electron chi connectivity index (χ0n) is 22.2. The van der Waals surface area contributed by atoms with Crippen molar-refractivity contribution in [3.63, 3.8) is 0 Å². The van der Waals surface area contributed by atoms with Crippen LogP contribution in [-0.2, 0) is 16.0 Å². The third kappa shape index (κ3) is 5.22.